The van der Waals surface area contributed by atoms with Gasteiger partial charge in [-0.05, 0) is 45.7 Å². The van der Waals surface area contributed by atoms with Crippen LogP contribution in [0.5, 0.6) is 0 Å². The molecule has 0 spiro atoms. The predicted octanol–water partition coefficient (Wildman–Crippen LogP) is 1.63. The molecule has 2 heterocycles. The Labute approximate surface area is 99.5 Å². The fourth-order valence-corrected chi connectivity index (χ4v) is 2.78. The van der Waals surface area contributed by atoms with Gasteiger partial charge in [0.1, 0.15) is 0 Å². The van der Waals surface area contributed by atoms with Crippen molar-refractivity contribution in [1.29, 1.82) is 0 Å². The molecule has 0 radical (unpaired) electrons. The van der Waals surface area contributed by atoms with Crippen LogP contribution in [0.1, 0.15) is 38.5 Å². The highest BCUT2D eigenvalue weighted by molar-refractivity contribution is 4.75. The number of nitrogens with zero attached hydrogens (tertiary/aromatic N) is 1. The summed E-state index contributed by atoms with van der Waals surface area (Å²) in [6.45, 7) is 4.58. The van der Waals surface area contributed by atoms with Crippen molar-refractivity contribution in [3.63, 3.8) is 0 Å². The summed E-state index contributed by atoms with van der Waals surface area (Å²) in [6.07, 6.45) is 8.40. The molecule has 1 N–H and O–H groups in total. The Morgan fingerprint density at radius 1 is 1.25 bits per heavy atom. The molecule has 2 saturated heterocycles. The molecule has 0 bridgehead atoms. The minimum absolute atomic E-state index is 0.543. The monoisotopic (exact) mass is 226 g/mol. The summed E-state index contributed by atoms with van der Waals surface area (Å²) in [5.74, 6) is 0. The maximum atomic E-state index is 5.65. The van der Waals surface area contributed by atoms with Gasteiger partial charge in [0.2, 0.25) is 0 Å². The third-order valence-electron chi connectivity index (χ3n) is 3.80. The van der Waals surface area contributed by atoms with Crippen molar-refractivity contribution in [2.45, 2.75) is 50.7 Å². The van der Waals surface area contributed by atoms with Crippen molar-refractivity contribution in [2.75, 3.05) is 33.3 Å². The molecule has 0 aromatic heterocycles. The lowest BCUT2D eigenvalue weighted by Crippen LogP contribution is -2.42. The van der Waals surface area contributed by atoms with Crippen molar-refractivity contribution < 1.29 is 4.74 Å². The van der Waals surface area contributed by atoms with Gasteiger partial charge >= 0.3 is 0 Å². The Bertz CT molecular complexity index is 186. The van der Waals surface area contributed by atoms with Gasteiger partial charge < -0.3 is 15.0 Å². The predicted molar refractivity (Wildman–Crippen MR) is 66.7 cm³/mol. The SMILES string of the molecule is CN(CCC1CCCO1)CC1CCCCN1. The smallest absolute Gasteiger partial charge is 0.0588 e. The van der Waals surface area contributed by atoms with Gasteiger partial charge in [0.15, 0.2) is 0 Å². The van der Waals surface area contributed by atoms with Gasteiger partial charge in [-0.15, -0.1) is 0 Å². The van der Waals surface area contributed by atoms with Crippen molar-refractivity contribution >= 4 is 0 Å². The third-order valence-corrected chi connectivity index (χ3v) is 3.80. The summed E-state index contributed by atoms with van der Waals surface area (Å²) >= 11 is 0. The number of rotatable bonds is 5. The average Bonchev–Trinajstić information content (AvgIpc) is 2.81. The van der Waals surface area contributed by atoms with Crippen LogP contribution >= 0.6 is 0 Å². The summed E-state index contributed by atoms with van der Waals surface area (Å²) in [6, 6.07) is 0.725. The molecule has 0 aromatic rings. The third kappa shape index (κ3) is 4.04. The Morgan fingerprint density at radius 2 is 2.19 bits per heavy atom. The van der Waals surface area contributed by atoms with Crippen LogP contribution < -0.4 is 5.32 Å². The topological polar surface area (TPSA) is 24.5 Å². The van der Waals surface area contributed by atoms with Crippen molar-refractivity contribution in [1.82, 2.24) is 10.2 Å². The molecule has 0 aliphatic carbocycles. The molecule has 94 valence electrons. The molecule has 3 nitrogen and oxygen atoms in total. The van der Waals surface area contributed by atoms with Crippen molar-refractivity contribution in [2.24, 2.45) is 0 Å². The van der Waals surface area contributed by atoms with E-state index in [1.54, 1.807) is 0 Å². The van der Waals surface area contributed by atoms with Crippen LogP contribution in [0.4, 0.5) is 0 Å². The molecule has 2 aliphatic heterocycles. The highest BCUT2D eigenvalue weighted by Crippen LogP contribution is 2.15. The Hall–Kier alpha value is -0.120. The van der Waals surface area contributed by atoms with Gasteiger partial charge in [-0.1, -0.05) is 6.42 Å². The van der Waals surface area contributed by atoms with Gasteiger partial charge in [-0.3, -0.25) is 0 Å². The van der Waals surface area contributed by atoms with Crippen LogP contribution in [0.2, 0.25) is 0 Å². The Balaban J connectivity index is 1.57. The van der Waals surface area contributed by atoms with E-state index >= 15 is 0 Å². The maximum Gasteiger partial charge on any atom is 0.0588 e. The van der Waals surface area contributed by atoms with E-state index in [1.807, 2.05) is 0 Å². The Kier molecular flexibility index (Phi) is 5.07. The number of hydrogen-bond acceptors (Lipinski definition) is 3. The van der Waals surface area contributed by atoms with E-state index in [1.165, 1.54) is 58.2 Å². The zero-order chi connectivity index (χ0) is 11.2. The highest BCUT2D eigenvalue weighted by atomic mass is 16.5. The quantitative estimate of drug-likeness (QED) is 0.771. The fraction of sp³-hybridized carbons (Fsp3) is 1.00. The minimum atomic E-state index is 0.543. The number of piperidine rings is 1. The second-order valence-corrected chi connectivity index (χ2v) is 5.33. The average molecular weight is 226 g/mol. The van der Waals surface area contributed by atoms with Crippen LogP contribution in [-0.4, -0.2) is 50.3 Å². The van der Waals surface area contributed by atoms with E-state index in [-0.39, 0.29) is 0 Å². The van der Waals surface area contributed by atoms with Crippen molar-refractivity contribution in [3.05, 3.63) is 0 Å². The first-order chi connectivity index (χ1) is 7.84. The molecule has 2 unspecified atom stereocenters. The molecule has 0 aromatic carbocycles. The zero-order valence-corrected chi connectivity index (χ0v) is 10.6. The van der Waals surface area contributed by atoms with E-state index in [2.05, 4.69) is 17.3 Å². The molecule has 2 rings (SSSR count). The molecule has 0 saturated carbocycles. The van der Waals surface area contributed by atoms with Gasteiger partial charge in [-0.25, -0.2) is 0 Å². The standard InChI is InChI=1S/C13H26N2O/c1-15(9-7-13-6-4-10-16-13)11-12-5-2-3-8-14-12/h12-14H,2-11H2,1H3. The number of likely N-dealkylation sites (N-methyl/N-ethyl adjacent to an activating group) is 1. The second kappa shape index (κ2) is 6.58. The van der Waals surface area contributed by atoms with Crippen molar-refractivity contribution in [3.8, 4) is 0 Å². The van der Waals surface area contributed by atoms with Gasteiger partial charge in [0, 0.05) is 25.7 Å². The fourth-order valence-electron chi connectivity index (χ4n) is 2.78. The molecule has 16 heavy (non-hydrogen) atoms. The highest BCUT2D eigenvalue weighted by Gasteiger charge is 2.18. The first kappa shape index (κ1) is 12.3. The lowest BCUT2D eigenvalue weighted by Gasteiger charge is -2.28. The molecular weight excluding hydrogens is 200 g/mol. The van der Waals surface area contributed by atoms with Gasteiger partial charge in [0.25, 0.3) is 0 Å². The molecule has 0 amide bonds. The van der Waals surface area contributed by atoms with Crippen LogP contribution in [0, 0.1) is 0 Å². The summed E-state index contributed by atoms with van der Waals surface area (Å²) in [4.78, 5) is 2.46. The van der Waals surface area contributed by atoms with E-state index in [9.17, 15) is 0 Å². The Morgan fingerprint density at radius 3 is 2.88 bits per heavy atom. The second-order valence-electron chi connectivity index (χ2n) is 5.33. The summed E-state index contributed by atoms with van der Waals surface area (Å²) in [5.41, 5.74) is 0. The van der Waals surface area contributed by atoms with Crippen LogP contribution in [0.3, 0.4) is 0 Å². The first-order valence-corrected chi connectivity index (χ1v) is 6.88. The van der Waals surface area contributed by atoms with E-state index < -0.39 is 0 Å². The van der Waals surface area contributed by atoms with Crippen LogP contribution in [-0.2, 0) is 4.74 Å². The minimum Gasteiger partial charge on any atom is -0.378 e. The first-order valence-electron chi connectivity index (χ1n) is 6.88. The lowest BCUT2D eigenvalue weighted by molar-refractivity contribution is 0.0935. The lowest BCUT2D eigenvalue weighted by atomic mass is 10.0. The number of ether oxygens (including phenoxy) is 1. The van der Waals surface area contributed by atoms with Gasteiger partial charge in [-0.2, -0.15) is 0 Å². The van der Waals surface area contributed by atoms with E-state index in [0.29, 0.717) is 6.10 Å². The summed E-state index contributed by atoms with van der Waals surface area (Å²) < 4.78 is 5.65. The molecule has 2 fully saturated rings. The van der Waals surface area contributed by atoms with Crippen LogP contribution in [0.25, 0.3) is 0 Å². The van der Waals surface area contributed by atoms with Gasteiger partial charge in [0.05, 0.1) is 6.10 Å². The van der Waals surface area contributed by atoms with Crippen LogP contribution in [0.15, 0.2) is 0 Å². The van der Waals surface area contributed by atoms with E-state index in [4.69, 9.17) is 4.74 Å². The molecular formula is C13H26N2O. The molecule has 2 atom stereocenters. The summed E-state index contributed by atoms with van der Waals surface area (Å²) in [7, 11) is 2.24. The zero-order valence-electron chi connectivity index (χ0n) is 10.6. The molecule has 2 aliphatic rings. The van der Waals surface area contributed by atoms with E-state index in [0.717, 1.165) is 12.6 Å². The number of nitrogens with one attached hydrogen (secondary N) is 1. The number of hydrogen-bond donors (Lipinski definition) is 1. The normalized spacial score (nSPS) is 31.1. The maximum absolute atomic E-state index is 5.65. The molecule has 3 heteroatoms. The summed E-state index contributed by atoms with van der Waals surface area (Å²) in [5, 5.41) is 3.61. The largest absolute Gasteiger partial charge is 0.378 e.